The zero-order chi connectivity index (χ0) is 26.6. The van der Waals surface area contributed by atoms with E-state index < -0.39 is 22.6 Å². The third kappa shape index (κ3) is 5.17. The molecule has 0 aromatic carbocycles. The highest BCUT2D eigenvalue weighted by molar-refractivity contribution is 9.09. The van der Waals surface area contributed by atoms with Gasteiger partial charge in [-0.3, -0.25) is 14.4 Å². The SMILES string of the molecule is C=CCN(CCC)C(=O)[C@H]1[C@H]2C(=O)N(CCCCCO)C(C(=O)N(CC=C)C(C)C)C23CC(Br)[C@@H]1S3. The van der Waals surface area contributed by atoms with E-state index in [9.17, 15) is 19.5 Å². The van der Waals surface area contributed by atoms with Gasteiger partial charge in [-0.25, -0.2) is 0 Å². The molecule has 3 aliphatic heterocycles. The number of rotatable bonds is 14. The van der Waals surface area contributed by atoms with Gasteiger partial charge < -0.3 is 19.8 Å². The van der Waals surface area contributed by atoms with E-state index >= 15 is 0 Å². The second-order valence-electron chi connectivity index (χ2n) is 10.4. The second kappa shape index (κ2) is 12.5. The standard InChI is InChI=1S/C27H42BrN3O4S/c1-6-12-29(13-7-2)24(33)20-21-25(34)31(15-10-9-11-16-32)23(26(35)30(14-8-3)18(4)5)27(21)17-19(28)22(20)36-27/h6,8,18-23,32H,1,3,7,9-17H2,2,4-5H3/t19?,20-,21-,22-,23?,27?/m0/s1. The number of nitrogens with zero attached hydrogens (tertiary/aromatic N) is 3. The van der Waals surface area contributed by atoms with Gasteiger partial charge in [0.15, 0.2) is 0 Å². The van der Waals surface area contributed by atoms with E-state index in [0.29, 0.717) is 45.4 Å². The Morgan fingerprint density at radius 2 is 1.92 bits per heavy atom. The summed E-state index contributed by atoms with van der Waals surface area (Å²) in [6, 6.07) is -0.649. The van der Waals surface area contributed by atoms with Crippen molar-refractivity contribution < 1.29 is 19.5 Å². The average Bonchev–Trinajstić information content (AvgIpc) is 3.42. The molecule has 3 amide bonds. The van der Waals surface area contributed by atoms with E-state index in [1.165, 1.54) is 0 Å². The van der Waals surface area contributed by atoms with Crippen LogP contribution in [0.2, 0.25) is 0 Å². The number of carbonyl (C=O) groups is 3. The van der Waals surface area contributed by atoms with Gasteiger partial charge in [0.2, 0.25) is 17.7 Å². The number of halogens is 1. The fourth-order valence-electron chi connectivity index (χ4n) is 6.28. The normalized spacial score (nSPS) is 30.6. The predicted octanol–water partition coefficient (Wildman–Crippen LogP) is 3.46. The zero-order valence-electron chi connectivity index (χ0n) is 21.9. The van der Waals surface area contributed by atoms with Gasteiger partial charge in [0.25, 0.3) is 0 Å². The van der Waals surface area contributed by atoms with Gasteiger partial charge in [0.1, 0.15) is 6.04 Å². The van der Waals surface area contributed by atoms with Crippen molar-refractivity contribution >= 4 is 45.4 Å². The van der Waals surface area contributed by atoms with Crippen molar-refractivity contribution in [2.45, 2.75) is 79.8 Å². The first kappa shape index (κ1) is 29.2. The Labute approximate surface area is 228 Å². The number of carbonyl (C=O) groups excluding carboxylic acids is 3. The van der Waals surface area contributed by atoms with E-state index in [0.717, 1.165) is 12.8 Å². The minimum Gasteiger partial charge on any atom is -0.396 e. The summed E-state index contributed by atoms with van der Waals surface area (Å²) in [5.41, 5.74) is 0. The van der Waals surface area contributed by atoms with Crippen LogP contribution in [0, 0.1) is 11.8 Å². The molecule has 7 nitrogen and oxygen atoms in total. The Kier molecular flexibility index (Phi) is 10.1. The molecule has 3 aliphatic rings. The highest BCUT2D eigenvalue weighted by atomic mass is 79.9. The largest absolute Gasteiger partial charge is 0.396 e. The summed E-state index contributed by atoms with van der Waals surface area (Å²) in [4.78, 5) is 47.7. The summed E-state index contributed by atoms with van der Waals surface area (Å²) in [5, 5.41) is 9.17. The maximum Gasteiger partial charge on any atom is 0.247 e. The number of fused-ring (bicyclic) bond motifs is 1. The molecule has 2 bridgehead atoms. The van der Waals surface area contributed by atoms with Gasteiger partial charge in [0.05, 0.1) is 16.6 Å². The Hall–Kier alpha value is -1.32. The molecule has 0 saturated carbocycles. The quantitative estimate of drug-likeness (QED) is 0.192. The zero-order valence-corrected chi connectivity index (χ0v) is 24.3. The number of hydrogen-bond acceptors (Lipinski definition) is 5. The number of amides is 3. The van der Waals surface area contributed by atoms with Crippen molar-refractivity contribution in [2.75, 3.05) is 32.8 Å². The number of aliphatic hydroxyl groups excluding tert-OH is 1. The number of aliphatic hydroxyl groups is 1. The van der Waals surface area contributed by atoms with Crippen LogP contribution < -0.4 is 0 Å². The molecule has 3 saturated heterocycles. The van der Waals surface area contributed by atoms with Gasteiger partial charge >= 0.3 is 0 Å². The second-order valence-corrected chi connectivity index (χ2v) is 13.1. The van der Waals surface area contributed by atoms with Crippen LogP contribution in [-0.2, 0) is 14.4 Å². The Morgan fingerprint density at radius 3 is 2.50 bits per heavy atom. The van der Waals surface area contributed by atoms with Crippen molar-refractivity contribution in [3.8, 4) is 0 Å². The Balaban J connectivity index is 2.03. The molecule has 0 aromatic rings. The van der Waals surface area contributed by atoms with Crippen LogP contribution in [0.15, 0.2) is 25.3 Å². The maximum absolute atomic E-state index is 14.2. The highest BCUT2D eigenvalue weighted by Crippen LogP contribution is 2.68. The van der Waals surface area contributed by atoms with Crippen LogP contribution in [-0.4, -0.2) is 97.2 Å². The fraction of sp³-hybridized carbons (Fsp3) is 0.741. The van der Waals surface area contributed by atoms with E-state index in [2.05, 4.69) is 29.1 Å². The van der Waals surface area contributed by atoms with Crippen LogP contribution in [0.1, 0.15) is 52.9 Å². The number of likely N-dealkylation sites (tertiary alicyclic amines) is 1. The molecule has 3 heterocycles. The molecule has 0 radical (unpaired) electrons. The monoisotopic (exact) mass is 583 g/mol. The molecule has 6 atom stereocenters. The van der Waals surface area contributed by atoms with Crippen molar-refractivity contribution in [2.24, 2.45) is 11.8 Å². The molecular weight excluding hydrogens is 542 g/mol. The Morgan fingerprint density at radius 1 is 1.22 bits per heavy atom. The summed E-state index contributed by atoms with van der Waals surface area (Å²) < 4.78 is -0.634. The lowest BCUT2D eigenvalue weighted by atomic mass is 9.70. The van der Waals surface area contributed by atoms with Gasteiger partial charge in [-0.1, -0.05) is 35.0 Å². The molecule has 1 spiro atoms. The number of unbranched alkanes of at least 4 members (excludes halogenated alkanes) is 2. The molecule has 3 fully saturated rings. The lowest BCUT2D eigenvalue weighted by Crippen LogP contribution is -2.57. The van der Waals surface area contributed by atoms with Gasteiger partial charge in [0, 0.05) is 48.9 Å². The van der Waals surface area contributed by atoms with Crippen LogP contribution in [0.25, 0.3) is 0 Å². The first-order valence-electron chi connectivity index (χ1n) is 13.2. The van der Waals surface area contributed by atoms with Crippen LogP contribution in [0.5, 0.6) is 0 Å². The molecule has 202 valence electrons. The summed E-state index contributed by atoms with van der Waals surface area (Å²) >= 11 is 5.52. The van der Waals surface area contributed by atoms with Crippen LogP contribution >= 0.6 is 27.7 Å². The molecule has 9 heteroatoms. The minimum atomic E-state index is -0.634. The molecule has 36 heavy (non-hydrogen) atoms. The lowest BCUT2D eigenvalue weighted by Gasteiger charge is -2.39. The third-order valence-corrected chi connectivity index (χ3v) is 11.0. The number of thioether (sulfide) groups is 1. The lowest BCUT2D eigenvalue weighted by molar-refractivity contribution is -0.145. The van der Waals surface area contributed by atoms with Gasteiger partial charge in [-0.15, -0.1) is 24.9 Å². The van der Waals surface area contributed by atoms with E-state index in [1.54, 1.807) is 33.7 Å². The molecule has 3 rings (SSSR count). The third-order valence-electron chi connectivity index (χ3n) is 7.75. The first-order chi connectivity index (χ1) is 17.2. The predicted molar refractivity (Wildman–Crippen MR) is 149 cm³/mol. The molecular formula is C27H42BrN3O4S. The maximum atomic E-state index is 14.2. The van der Waals surface area contributed by atoms with Crippen molar-refractivity contribution in [3.05, 3.63) is 25.3 Å². The molecule has 0 aromatic heterocycles. The van der Waals surface area contributed by atoms with Gasteiger partial charge in [-0.2, -0.15) is 0 Å². The first-order valence-corrected chi connectivity index (χ1v) is 15.0. The van der Waals surface area contributed by atoms with Crippen molar-refractivity contribution in [1.29, 1.82) is 0 Å². The van der Waals surface area contributed by atoms with E-state index in [4.69, 9.17) is 0 Å². The number of hydrogen-bond donors (Lipinski definition) is 1. The Bertz CT molecular complexity index is 855. The van der Waals surface area contributed by atoms with Crippen LogP contribution in [0.4, 0.5) is 0 Å². The van der Waals surface area contributed by atoms with Crippen LogP contribution in [0.3, 0.4) is 0 Å². The van der Waals surface area contributed by atoms with E-state index in [-0.39, 0.29) is 40.4 Å². The summed E-state index contributed by atoms with van der Waals surface area (Å²) in [7, 11) is 0. The summed E-state index contributed by atoms with van der Waals surface area (Å²) in [6.45, 7) is 15.7. The average molecular weight is 585 g/mol. The van der Waals surface area contributed by atoms with Crippen molar-refractivity contribution in [3.63, 3.8) is 0 Å². The summed E-state index contributed by atoms with van der Waals surface area (Å²) in [6.07, 6.45) is 7.13. The van der Waals surface area contributed by atoms with Gasteiger partial charge in [-0.05, 0) is 46.0 Å². The molecule has 1 N–H and O–H groups in total. The topological polar surface area (TPSA) is 81.2 Å². The summed E-state index contributed by atoms with van der Waals surface area (Å²) in [5.74, 6) is -1.10. The van der Waals surface area contributed by atoms with Crippen molar-refractivity contribution in [1.82, 2.24) is 14.7 Å². The fourth-order valence-corrected chi connectivity index (χ4v) is 9.88. The highest BCUT2D eigenvalue weighted by Gasteiger charge is 2.76. The minimum absolute atomic E-state index is 0.00115. The molecule has 3 unspecified atom stereocenters. The number of alkyl halides is 1. The van der Waals surface area contributed by atoms with E-state index in [1.807, 2.05) is 25.7 Å². The smallest absolute Gasteiger partial charge is 0.247 e. The molecule has 0 aliphatic carbocycles.